The number of hydrogen-bond acceptors (Lipinski definition) is 1. The minimum atomic E-state index is -0.190. The van der Waals surface area contributed by atoms with Crippen molar-refractivity contribution in [1.29, 1.82) is 0 Å². The lowest BCUT2D eigenvalue weighted by Crippen LogP contribution is -2.12. The molecule has 0 radical (unpaired) electrons. The second-order valence-corrected chi connectivity index (χ2v) is 3.77. The van der Waals surface area contributed by atoms with Gasteiger partial charge in [0, 0.05) is 10.3 Å². The molecular formula is C6H12INO. The Morgan fingerprint density at radius 2 is 2.33 bits per heavy atom. The van der Waals surface area contributed by atoms with Gasteiger partial charge in [0.2, 0.25) is 5.91 Å². The summed E-state index contributed by atoms with van der Waals surface area (Å²) >= 11 is 2.33. The Morgan fingerprint density at radius 3 is 2.67 bits per heavy atom. The highest BCUT2D eigenvalue weighted by Gasteiger charge is 2.01. The van der Waals surface area contributed by atoms with E-state index < -0.39 is 0 Å². The SMILES string of the molecule is CC[C@@H](I)CCC(N)=O. The van der Waals surface area contributed by atoms with Gasteiger partial charge in [-0.3, -0.25) is 4.79 Å². The van der Waals surface area contributed by atoms with Crippen LogP contribution >= 0.6 is 22.6 Å². The smallest absolute Gasteiger partial charge is 0.217 e. The first-order valence-corrected chi connectivity index (χ1v) is 4.33. The van der Waals surface area contributed by atoms with E-state index in [0.717, 1.165) is 12.8 Å². The second-order valence-electron chi connectivity index (χ2n) is 2.01. The molecule has 0 aliphatic rings. The van der Waals surface area contributed by atoms with Crippen LogP contribution in [0.5, 0.6) is 0 Å². The summed E-state index contributed by atoms with van der Waals surface area (Å²) in [6.07, 6.45) is 2.57. The third-order valence-corrected chi connectivity index (χ3v) is 2.65. The van der Waals surface area contributed by atoms with Crippen LogP contribution in [-0.4, -0.2) is 9.83 Å². The van der Waals surface area contributed by atoms with Gasteiger partial charge in [0.25, 0.3) is 0 Å². The Balaban J connectivity index is 3.16. The molecule has 9 heavy (non-hydrogen) atoms. The molecule has 2 N–H and O–H groups in total. The molecule has 0 saturated heterocycles. The van der Waals surface area contributed by atoms with E-state index in [1.54, 1.807) is 0 Å². The summed E-state index contributed by atoms with van der Waals surface area (Å²) in [5, 5.41) is 0. The molecule has 0 rings (SSSR count). The number of hydrogen-bond donors (Lipinski definition) is 1. The van der Waals surface area contributed by atoms with Gasteiger partial charge in [-0.05, 0) is 12.8 Å². The van der Waals surface area contributed by atoms with E-state index in [0.29, 0.717) is 10.3 Å². The van der Waals surface area contributed by atoms with Crippen molar-refractivity contribution in [3.63, 3.8) is 0 Å². The summed E-state index contributed by atoms with van der Waals surface area (Å²) < 4.78 is 0.607. The van der Waals surface area contributed by atoms with Gasteiger partial charge < -0.3 is 5.73 Å². The van der Waals surface area contributed by atoms with Crippen LogP contribution in [0.15, 0.2) is 0 Å². The van der Waals surface area contributed by atoms with E-state index >= 15 is 0 Å². The summed E-state index contributed by atoms with van der Waals surface area (Å²) in [7, 11) is 0. The number of primary amides is 1. The molecule has 54 valence electrons. The maximum atomic E-state index is 10.2. The predicted molar refractivity (Wildman–Crippen MR) is 46.5 cm³/mol. The summed E-state index contributed by atoms with van der Waals surface area (Å²) in [5.74, 6) is -0.190. The average Bonchev–Trinajstić information content (AvgIpc) is 1.83. The third kappa shape index (κ3) is 6.08. The van der Waals surface area contributed by atoms with Crippen molar-refractivity contribution in [2.45, 2.75) is 30.1 Å². The van der Waals surface area contributed by atoms with Gasteiger partial charge in [0.15, 0.2) is 0 Å². The second kappa shape index (κ2) is 5.02. The fourth-order valence-electron chi connectivity index (χ4n) is 0.503. The van der Waals surface area contributed by atoms with E-state index in [-0.39, 0.29) is 5.91 Å². The number of carbonyl (C=O) groups excluding carboxylic acids is 1. The molecule has 0 saturated carbocycles. The standard InChI is InChI=1S/C6H12INO/c1-2-5(7)3-4-6(8)9/h5H,2-4H2,1H3,(H2,8,9)/t5-/m1/s1. The monoisotopic (exact) mass is 241 g/mol. The molecule has 0 aliphatic carbocycles. The maximum absolute atomic E-state index is 10.2. The van der Waals surface area contributed by atoms with E-state index in [1.165, 1.54) is 0 Å². The molecule has 0 aromatic heterocycles. The van der Waals surface area contributed by atoms with Gasteiger partial charge in [-0.2, -0.15) is 0 Å². The van der Waals surface area contributed by atoms with E-state index in [9.17, 15) is 4.79 Å². The highest BCUT2D eigenvalue weighted by molar-refractivity contribution is 14.1. The van der Waals surface area contributed by atoms with Gasteiger partial charge in [-0.25, -0.2) is 0 Å². The molecule has 1 atom stereocenters. The summed E-state index contributed by atoms with van der Waals surface area (Å²) in [4.78, 5) is 10.2. The zero-order chi connectivity index (χ0) is 7.28. The Labute approximate surface area is 69.3 Å². The first-order chi connectivity index (χ1) is 4.16. The number of nitrogens with two attached hydrogens (primary N) is 1. The van der Waals surface area contributed by atoms with Crippen molar-refractivity contribution in [2.75, 3.05) is 0 Å². The molecule has 1 amide bonds. The van der Waals surface area contributed by atoms with Crippen molar-refractivity contribution < 1.29 is 4.79 Å². The molecule has 0 bridgehead atoms. The van der Waals surface area contributed by atoms with Crippen molar-refractivity contribution in [2.24, 2.45) is 5.73 Å². The van der Waals surface area contributed by atoms with Crippen molar-refractivity contribution >= 4 is 28.5 Å². The summed E-state index contributed by atoms with van der Waals surface area (Å²) in [6.45, 7) is 2.11. The number of halogens is 1. The molecule has 0 aliphatic heterocycles. The first-order valence-electron chi connectivity index (χ1n) is 3.09. The summed E-state index contributed by atoms with van der Waals surface area (Å²) in [6, 6.07) is 0. The Morgan fingerprint density at radius 1 is 1.78 bits per heavy atom. The van der Waals surface area contributed by atoms with Crippen molar-refractivity contribution in [3.05, 3.63) is 0 Å². The minimum absolute atomic E-state index is 0.190. The Hall–Kier alpha value is 0.200. The Bertz CT molecular complexity index is 95.1. The zero-order valence-corrected chi connectivity index (χ0v) is 7.72. The fraction of sp³-hybridized carbons (Fsp3) is 0.833. The summed E-state index contributed by atoms with van der Waals surface area (Å²) in [5.41, 5.74) is 4.95. The van der Waals surface area contributed by atoms with Gasteiger partial charge in [-0.15, -0.1) is 0 Å². The van der Waals surface area contributed by atoms with Crippen LogP contribution in [0.2, 0.25) is 0 Å². The zero-order valence-electron chi connectivity index (χ0n) is 5.56. The van der Waals surface area contributed by atoms with Crippen LogP contribution < -0.4 is 5.73 Å². The molecule has 0 aromatic carbocycles. The molecule has 0 heterocycles. The molecule has 2 nitrogen and oxygen atoms in total. The number of rotatable bonds is 4. The lowest BCUT2D eigenvalue weighted by Gasteiger charge is -2.02. The van der Waals surface area contributed by atoms with E-state index in [1.807, 2.05) is 0 Å². The van der Waals surface area contributed by atoms with Gasteiger partial charge in [0.1, 0.15) is 0 Å². The van der Waals surface area contributed by atoms with Crippen LogP contribution in [0.4, 0.5) is 0 Å². The average molecular weight is 241 g/mol. The van der Waals surface area contributed by atoms with Gasteiger partial charge >= 0.3 is 0 Å². The maximum Gasteiger partial charge on any atom is 0.217 e. The molecule has 0 fully saturated rings. The normalized spacial score (nSPS) is 13.1. The quantitative estimate of drug-likeness (QED) is 0.587. The predicted octanol–water partition coefficient (Wildman–Crippen LogP) is 1.47. The first kappa shape index (κ1) is 9.20. The molecular weight excluding hydrogens is 229 g/mol. The highest BCUT2D eigenvalue weighted by atomic mass is 127. The molecule has 0 unspecified atom stereocenters. The highest BCUT2D eigenvalue weighted by Crippen LogP contribution is 2.11. The van der Waals surface area contributed by atoms with Gasteiger partial charge in [0.05, 0.1) is 0 Å². The van der Waals surface area contributed by atoms with E-state index in [4.69, 9.17) is 5.73 Å². The fourth-order valence-corrected chi connectivity index (χ4v) is 0.814. The van der Waals surface area contributed by atoms with Crippen molar-refractivity contribution in [3.8, 4) is 0 Å². The van der Waals surface area contributed by atoms with Crippen molar-refractivity contribution in [1.82, 2.24) is 0 Å². The Kier molecular flexibility index (Phi) is 5.13. The molecule has 0 aromatic rings. The third-order valence-electron chi connectivity index (χ3n) is 1.15. The van der Waals surface area contributed by atoms with Crippen LogP contribution in [0, 0.1) is 0 Å². The van der Waals surface area contributed by atoms with Gasteiger partial charge in [-0.1, -0.05) is 29.5 Å². The number of carbonyl (C=O) groups is 1. The number of alkyl halides is 1. The largest absolute Gasteiger partial charge is 0.370 e. The molecule has 3 heteroatoms. The van der Waals surface area contributed by atoms with Crippen LogP contribution in [0.1, 0.15) is 26.2 Å². The van der Waals surface area contributed by atoms with Crippen LogP contribution in [-0.2, 0) is 4.79 Å². The number of amides is 1. The van der Waals surface area contributed by atoms with Crippen LogP contribution in [0.25, 0.3) is 0 Å². The minimum Gasteiger partial charge on any atom is -0.370 e. The molecule has 0 spiro atoms. The van der Waals surface area contributed by atoms with E-state index in [2.05, 4.69) is 29.5 Å². The lowest BCUT2D eigenvalue weighted by atomic mass is 10.2. The lowest BCUT2D eigenvalue weighted by molar-refractivity contribution is -0.118. The van der Waals surface area contributed by atoms with Crippen LogP contribution in [0.3, 0.4) is 0 Å². The topological polar surface area (TPSA) is 43.1 Å².